The van der Waals surface area contributed by atoms with Crippen LogP contribution in [-0.2, 0) is 19.6 Å². The van der Waals surface area contributed by atoms with E-state index >= 15 is 0 Å². The van der Waals surface area contributed by atoms with Gasteiger partial charge >= 0.3 is 0 Å². The molecule has 1 N–H and O–H groups in total. The molecule has 30 heavy (non-hydrogen) atoms. The highest BCUT2D eigenvalue weighted by atomic mass is 35.5. The van der Waals surface area contributed by atoms with Crippen LogP contribution in [0.5, 0.6) is 5.75 Å². The summed E-state index contributed by atoms with van der Waals surface area (Å²) >= 11 is 6.23. The van der Waals surface area contributed by atoms with Crippen LogP contribution in [0.3, 0.4) is 0 Å². The van der Waals surface area contributed by atoms with E-state index < -0.39 is 10.0 Å². The fraction of sp³-hybridized carbons (Fsp3) is 0.579. The van der Waals surface area contributed by atoms with Gasteiger partial charge in [0.25, 0.3) is 5.91 Å². The van der Waals surface area contributed by atoms with Crippen molar-refractivity contribution in [3.05, 3.63) is 17.2 Å². The SMILES string of the molecule is CN1CCN(C(=O)C2CCN(S(=O)(=O)c3cc4c(cc3Cl)NC(=O)CO4)CC2)CC1. The molecule has 4 rings (SSSR count). The summed E-state index contributed by atoms with van der Waals surface area (Å²) in [7, 11) is -1.81. The van der Waals surface area contributed by atoms with E-state index in [9.17, 15) is 18.0 Å². The van der Waals surface area contributed by atoms with E-state index in [1.807, 2.05) is 11.9 Å². The largest absolute Gasteiger partial charge is 0.482 e. The van der Waals surface area contributed by atoms with Crippen LogP contribution in [0.4, 0.5) is 5.69 Å². The molecule has 0 radical (unpaired) electrons. The van der Waals surface area contributed by atoms with Crippen molar-refractivity contribution in [3.63, 3.8) is 0 Å². The number of nitrogens with zero attached hydrogens (tertiary/aromatic N) is 3. The van der Waals surface area contributed by atoms with Crippen LogP contribution in [0.1, 0.15) is 12.8 Å². The number of carbonyl (C=O) groups excluding carboxylic acids is 2. The minimum absolute atomic E-state index is 0.0233. The Bertz CT molecular complexity index is 954. The molecule has 0 saturated carbocycles. The second-order valence-corrected chi connectivity index (χ2v) is 10.2. The normalized spacial score (nSPS) is 21.7. The van der Waals surface area contributed by atoms with Gasteiger partial charge in [0.1, 0.15) is 10.6 Å². The molecule has 0 atom stereocenters. The average molecular weight is 457 g/mol. The van der Waals surface area contributed by atoms with Crippen molar-refractivity contribution >= 4 is 39.1 Å². The van der Waals surface area contributed by atoms with Crippen LogP contribution in [0.2, 0.25) is 5.02 Å². The quantitative estimate of drug-likeness (QED) is 0.723. The number of hydrogen-bond donors (Lipinski definition) is 1. The zero-order chi connectivity index (χ0) is 21.5. The number of fused-ring (bicyclic) bond motifs is 1. The third-order valence-electron chi connectivity index (χ3n) is 5.90. The van der Waals surface area contributed by atoms with E-state index in [-0.39, 0.29) is 53.1 Å². The van der Waals surface area contributed by atoms with E-state index in [2.05, 4.69) is 10.2 Å². The number of likely N-dealkylation sites (N-methyl/N-ethyl adjacent to an activating group) is 1. The van der Waals surface area contributed by atoms with Gasteiger partial charge in [0, 0.05) is 51.3 Å². The second kappa shape index (κ2) is 8.33. The molecule has 164 valence electrons. The number of carbonyl (C=O) groups is 2. The molecule has 0 aromatic heterocycles. The van der Waals surface area contributed by atoms with Gasteiger partial charge in [0.2, 0.25) is 15.9 Å². The first-order valence-corrected chi connectivity index (χ1v) is 11.8. The van der Waals surface area contributed by atoms with Crippen molar-refractivity contribution < 1.29 is 22.7 Å². The maximum Gasteiger partial charge on any atom is 0.262 e. The molecule has 1 aromatic rings. The highest BCUT2D eigenvalue weighted by Crippen LogP contribution is 2.37. The first-order valence-electron chi connectivity index (χ1n) is 9.99. The lowest BCUT2D eigenvalue weighted by Crippen LogP contribution is -2.51. The zero-order valence-electron chi connectivity index (χ0n) is 16.8. The number of rotatable bonds is 3. The van der Waals surface area contributed by atoms with Crippen molar-refractivity contribution in [3.8, 4) is 5.75 Å². The Hall–Kier alpha value is -1.88. The molecule has 0 bridgehead atoms. The molecular weight excluding hydrogens is 432 g/mol. The lowest BCUT2D eigenvalue weighted by molar-refractivity contribution is -0.138. The molecule has 3 aliphatic heterocycles. The number of amides is 2. The standard InChI is InChI=1S/C19H25ClN4O5S/c1-22-6-8-23(9-7-22)19(26)13-2-4-24(5-3-13)30(27,28)17-11-16-15(10-14(17)20)21-18(25)12-29-16/h10-11,13H,2-9,12H2,1H3,(H,21,25). The molecule has 1 aromatic carbocycles. The molecule has 3 heterocycles. The highest BCUT2D eigenvalue weighted by Gasteiger charge is 2.36. The summed E-state index contributed by atoms with van der Waals surface area (Å²) in [6.45, 7) is 3.50. The molecular formula is C19H25ClN4O5S. The Kier molecular flexibility index (Phi) is 5.93. The highest BCUT2D eigenvalue weighted by molar-refractivity contribution is 7.89. The van der Waals surface area contributed by atoms with Crippen molar-refractivity contribution in [2.75, 3.05) is 58.2 Å². The summed E-state index contributed by atoms with van der Waals surface area (Å²) in [5.74, 6) is -0.0764. The monoisotopic (exact) mass is 456 g/mol. The van der Waals surface area contributed by atoms with E-state index in [0.717, 1.165) is 26.2 Å². The number of halogens is 1. The van der Waals surface area contributed by atoms with Gasteiger partial charge in [0.05, 0.1) is 10.7 Å². The lowest BCUT2D eigenvalue weighted by atomic mass is 9.96. The smallest absolute Gasteiger partial charge is 0.262 e. The minimum atomic E-state index is -3.84. The fourth-order valence-electron chi connectivity index (χ4n) is 4.05. The van der Waals surface area contributed by atoms with Gasteiger partial charge in [-0.25, -0.2) is 8.42 Å². The number of benzene rings is 1. The summed E-state index contributed by atoms with van der Waals surface area (Å²) in [5.41, 5.74) is 0.353. The summed E-state index contributed by atoms with van der Waals surface area (Å²) < 4.78 is 33.0. The molecule has 0 aliphatic carbocycles. The molecule has 9 nitrogen and oxygen atoms in total. The van der Waals surface area contributed by atoms with Gasteiger partial charge < -0.3 is 19.9 Å². The number of ether oxygens (including phenoxy) is 1. The van der Waals surface area contributed by atoms with Gasteiger partial charge in [-0.15, -0.1) is 0 Å². The Balaban J connectivity index is 1.44. The first-order chi connectivity index (χ1) is 14.3. The topological polar surface area (TPSA) is 99.3 Å². The van der Waals surface area contributed by atoms with Crippen LogP contribution >= 0.6 is 11.6 Å². The van der Waals surface area contributed by atoms with Crippen LogP contribution in [0, 0.1) is 5.92 Å². The van der Waals surface area contributed by atoms with E-state index in [4.69, 9.17) is 16.3 Å². The predicted molar refractivity (Wildman–Crippen MR) is 111 cm³/mol. The number of piperazine rings is 1. The second-order valence-electron chi connectivity index (χ2n) is 7.92. The number of sulfonamides is 1. The van der Waals surface area contributed by atoms with Gasteiger partial charge in [-0.2, -0.15) is 4.31 Å². The van der Waals surface area contributed by atoms with Crippen molar-refractivity contribution in [2.24, 2.45) is 5.92 Å². The number of hydrogen-bond acceptors (Lipinski definition) is 6. The Morgan fingerprint density at radius 3 is 2.47 bits per heavy atom. The minimum Gasteiger partial charge on any atom is -0.482 e. The van der Waals surface area contributed by atoms with Gasteiger partial charge in [-0.1, -0.05) is 11.6 Å². The molecule has 2 fully saturated rings. The molecule has 11 heteroatoms. The van der Waals surface area contributed by atoms with Gasteiger partial charge in [-0.3, -0.25) is 9.59 Å². The summed E-state index contributed by atoms with van der Waals surface area (Å²) in [4.78, 5) is 28.3. The maximum atomic E-state index is 13.2. The van der Waals surface area contributed by atoms with Crippen LogP contribution < -0.4 is 10.1 Å². The van der Waals surface area contributed by atoms with Crippen molar-refractivity contribution in [1.82, 2.24) is 14.1 Å². The third kappa shape index (κ3) is 4.14. The maximum absolute atomic E-state index is 13.2. The molecule has 0 spiro atoms. The Morgan fingerprint density at radius 2 is 1.80 bits per heavy atom. The Morgan fingerprint density at radius 1 is 1.13 bits per heavy atom. The third-order valence-corrected chi connectivity index (χ3v) is 8.27. The summed E-state index contributed by atoms with van der Waals surface area (Å²) in [5, 5.41) is 2.63. The first kappa shape index (κ1) is 21.4. The average Bonchev–Trinajstić information content (AvgIpc) is 2.73. The van der Waals surface area contributed by atoms with E-state index in [1.54, 1.807) is 0 Å². The molecule has 2 amide bonds. The number of nitrogens with one attached hydrogen (secondary N) is 1. The lowest BCUT2D eigenvalue weighted by Gasteiger charge is -2.37. The van der Waals surface area contributed by atoms with Crippen molar-refractivity contribution in [2.45, 2.75) is 17.7 Å². The van der Waals surface area contributed by atoms with Crippen LogP contribution in [0.25, 0.3) is 0 Å². The molecule has 3 aliphatic rings. The van der Waals surface area contributed by atoms with Crippen molar-refractivity contribution in [1.29, 1.82) is 0 Å². The molecule has 2 saturated heterocycles. The van der Waals surface area contributed by atoms with Gasteiger partial charge in [-0.05, 0) is 26.0 Å². The molecule has 0 unspecified atom stereocenters. The Labute approximate surface area is 180 Å². The summed E-state index contributed by atoms with van der Waals surface area (Å²) in [6.07, 6.45) is 0.971. The number of anilines is 1. The van der Waals surface area contributed by atoms with E-state index in [1.165, 1.54) is 16.4 Å². The van der Waals surface area contributed by atoms with Crippen LogP contribution in [0.15, 0.2) is 17.0 Å². The van der Waals surface area contributed by atoms with Crippen LogP contribution in [-0.4, -0.2) is 87.3 Å². The zero-order valence-corrected chi connectivity index (χ0v) is 18.3. The fourth-order valence-corrected chi connectivity index (χ4v) is 6.03. The number of piperidine rings is 1. The van der Waals surface area contributed by atoms with Gasteiger partial charge in [0.15, 0.2) is 6.61 Å². The summed E-state index contributed by atoms with van der Waals surface area (Å²) in [6, 6.07) is 2.75. The predicted octanol–water partition coefficient (Wildman–Crippen LogP) is 0.846. The van der Waals surface area contributed by atoms with E-state index in [0.29, 0.717) is 18.5 Å².